The molecule has 1 aliphatic heterocycles. The Balaban J connectivity index is 1.57. The predicted octanol–water partition coefficient (Wildman–Crippen LogP) is 1.27. The van der Waals surface area contributed by atoms with Crippen LogP contribution in [-0.2, 0) is 0 Å². The zero-order valence-corrected chi connectivity index (χ0v) is 14.5. The maximum absolute atomic E-state index is 12.8. The van der Waals surface area contributed by atoms with Gasteiger partial charge in [0.05, 0.1) is 31.5 Å². The molecular weight excluding hydrogens is 330 g/mol. The van der Waals surface area contributed by atoms with Gasteiger partial charge in [0.2, 0.25) is 5.56 Å². The molecule has 3 N–H and O–H groups in total. The van der Waals surface area contributed by atoms with Gasteiger partial charge in [-0.15, -0.1) is 0 Å². The molecule has 0 saturated carbocycles. The van der Waals surface area contributed by atoms with E-state index < -0.39 is 0 Å². The number of para-hydroxylation sites is 1. The van der Waals surface area contributed by atoms with E-state index in [-0.39, 0.29) is 17.5 Å². The summed E-state index contributed by atoms with van der Waals surface area (Å²) in [4.78, 5) is 28.9. The van der Waals surface area contributed by atoms with Crippen LogP contribution in [0.3, 0.4) is 0 Å². The smallest absolute Gasteiger partial charge is 0.252 e. The van der Waals surface area contributed by atoms with Crippen molar-refractivity contribution in [2.24, 2.45) is 0 Å². The summed E-state index contributed by atoms with van der Waals surface area (Å²) in [7, 11) is 0. The number of rotatable bonds is 5. The summed E-state index contributed by atoms with van der Waals surface area (Å²) in [5, 5.41) is 3.75. The summed E-state index contributed by atoms with van der Waals surface area (Å²) in [6, 6.07) is 12.6. The van der Waals surface area contributed by atoms with Gasteiger partial charge in [-0.2, -0.15) is 0 Å². The van der Waals surface area contributed by atoms with Crippen LogP contribution >= 0.6 is 0 Å². The third-order valence-corrected chi connectivity index (χ3v) is 5.09. The van der Waals surface area contributed by atoms with Crippen LogP contribution in [0.2, 0.25) is 0 Å². The van der Waals surface area contributed by atoms with E-state index >= 15 is 0 Å². The van der Waals surface area contributed by atoms with E-state index in [1.807, 2.05) is 30.3 Å². The van der Waals surface area contributed by atoms with Crippen molar-refractivity contribution in [1.29, 1.82) is 0 Å². The maximum atomic E-state index is 12.8. The highest BCUT2D eigenvalue weighted by atomic mass is 16.3. The number of likely N-dealkylation sites (tertiary alicyclic amines) is 1. The number of carbonyl (C=O) groups excluding carboxylic acids is 1. The second-order valence-electron chi connectivity index (χ2n) is 6.74. The van der Waals surface area contributed by atoms with Crippen LogP contribution in [0.4, 0.5) is 0 Å². The van der Waals surface area contributed by atoms with Gasteiger partial charge in [-0.3, -0.25) is 9.59 Å². The number of hydrogen-bond donors (Lipinski definition) is 3. The van der Waals surface area contributed by atoms with E-state index in [0.717, 1.165) is 24.2 Å². The van der Waals surface area contributed by atoms with E-state index in [1.54, 1.807) is 12.3 Å². The molecule has 0 radical (unpaired) electrons. The lowest BCUT2D eigenvalue weighted by atomic mass is 10.1. The zero-order chi connectivity index (χ0) is 17.9. The van der Waals surface area contributed by atoms with Gasteiger partial charge >= 0.3 is 0 Å². The molecule has 6 nitrogen and oxygen atoms in total. The predicted molar refractivity (Wildman–Crippen MR) is 98.3 cm³/mol. The first-order valence-corrected chi connectivity index (χ1v) is 9.00. The van der Waals surface area contributed by atoms with Crippen molar-refractivity contribution >= 4 is 16.8 Å². The average molecular weight is 352 g/mol. The number of aromatic amines is 1. The summed E-state index contributed by atoms with van der Waals surface area (Å²) >= 11 is 0. The van der Waals surface area contributed by atoms with Crippen molar-refractivity contribution in [1.82, 2.24) is 10.3 Å². The van der Waals surface area contributed by atoms with Crippen molar-refractivity contribution in [3.8, 4) is 0 Å². The molecule has 0 spiro atoms. The Hall–Kier alpha value is -2.86. The molecule has 4 rings (SSSR count). The van der Waals surface area contributed by atoms with Gasteiger partial charge in [-0.1, -0.05) is 18.2 Å². The van der Waals surface area contributed by atoms with E-state index in [2.05, 4.69) is 10.3 Å². The highest BCUT2D eigenvalue weighted by Gasteiger charge is 2.30. The lowest BCUT2D eigenvalue weighted by Gasteiger charge is -2.23. The molecule has 3 heterocycles. The zero-order valence-electron chi connectivity index (χ0n) is 14.5. The molecule has 1 fully saturated rings. The molecule has 0 unspecified atom stereocenters. The Bertz CT molecular complexity index is 956. The maximum Gasteiger partial charge on any atom is 0.252 e. The number of quaternary nitrogens is 1. The van der Waals surface area contributed by atoms with Gasteiger partial charge in [-0.05, 0) is 18.2 Å². The lowest BCUT2D eigenvalue weighted by molar-refractivity contribution is -0.919. The number of amides is 1. The molecule has 2 aromatic heterocycles. The largest absolute Gasteiger partial charge is 0.463 e. The van der Waals surface area contributed by atoms with Gasteiger partial charge < -0.3 is 19.6 Å². The first-order chi connectivity index (χ1) is 12.7. The van der Waals surface area contributed by atoms with E-state index in [1.165, 1.54) is 23.8 Å². The summed E-state index contributed by atoms with van der Waals surface area (Å²) < 4.78 is 5.61. The van der Waals surface area contributed by atoms with Crippen LogP contribution in [0, 0.1) is 0 Å². The SMILES string of the molecule is O=C(NC[C@H](c1ccco1)[NH+]1CCCC1)c1cc(=O)[nH]c2ccccc12. The summed E-state index contributed by atoms with van der Waals surface area (Å²) in [6.45, 7) is 2.63. The van der Waals surface area contributed by atoms with E-state index in [9.17, 15) is 9.59 Å². The standard InChI is InChI=1S/C20H21N3O3/c24-19-12-15(14-6-1-2-7-16(14)22-19)20(25)21-13-17(18-8-5-11-26-18)23-9-3-4-10-23/h1-2,5-8,11-12,17H,3-4,9-10,13H2,(H,21,25)(H,22,24)/p+1/t17-/m1/s1. The van der Waals surface area contributed by atoms with Gasteiger partial charge in [0.15, 0.2) is 11.8 Å². The average Bonchev–Trinajstić information content (AvgIpc) is 3.35. The third-order valence-electron chi connectivity index (χ3n) is 5.09. The highest BCUT2D eigenvalue weighted by Crippen LogP contribution is 2.15. The van der Waals surface area contributed by atoms with Gasteiger partial charge in [0, 0.05) is 29.8 Å². The molecule has 6 heteroatoms. The first kappa shape index (κ1) is 16.6. The molecule has 134 valence electrons. The second kappa shape index (κ2) is 7.17. The number of furan rings is 1. The minimum atomic E-state index is -0.276. The van der Waals surface area contributed by atoms with Crippen LogP contribution in [0.1, 0.15) is 35.0 Å². The number of hydrogen-bond acceptors (Lipinski definition) is 3. The van der Waals surface area contributed by atoms with Crippen LogP contribution in [-0.4, -0.2) is 30.5 Å². The minimum Gasteiger partial charge on any atom is -0.463 e. The Morgan fingerprint density at radius 3 is 2.77 bits per heavy atom. The Labute approximate surface area is 150 Å². The van der Waals surface area contributed by atoms with Crippen molar-refractivity contribution in [3.05, 3.63) is 70.4 Å². The fourth-order valence-electron chi connectivity index (χ4n) is 3.80. The minimum absolute atomic E-state index is 0.0877. The summed E-state index contributed by atoms with van der Waals surface area (Å²) in [5.74, 6) is 0.653. The third kappa shape index (κ3) is 3.28. The van der Waals surface area contributed by atoms with Crippen molar-refractivity contribution in [2.45, 2.75) is 18.9 Å². The number of H-pyrrole nitrogens is 1. The normalized spacial score (nSPS) is 16.0. The van der Waals surface area contributed by atoms with Crippen LogP contribution in [0.5, 0.6) is 0 Å². The lowest BCUT2D eigenvalue weighted by Crippen LogP contribution is -3.11. The fraction of sp³-hybridized carbons (Fsp3) is 0.300. The van der Waals surface area contributed by atoms with Gasteiger partial charge in [-0.25, -0.2) is 0 Å². The van der Waals surface area contributed by atoms with Gasteiger partial charge in [0.1, 0.15) is 0 Å². The number of benzene rings is 1. The van der Waals surface area contributed by atoms with E-state index in [4.69, 9.17) is 4.42 Å². The Kier molecular flexibility index (Phi) is 4.58. The topological polar surface area (TPSA) is 79.5 Å². The Morgan fingerprint density at radius 1 is 1.19 bits per heavy atom. The molecule has 26 heavy (non-hydrogen) atoms. The van der Waals surface area contributed by atoms with Crippen molar-refractivity contribution in [3.63, 3.8) is 0 Å². The van der Waals surface area contributed by atoms with Crippen LogP contribution < -0.4 is 15.8 Å². The molecular formula is C20H22N3O3+. The quantitative estimate of drug-likeness (QED) is 0.647. The Morgan fingerprint density at radius 2 is 2.00 bits per heavy atom. The van der Waals surface area contributed by atoms with Crippen molar-refractivity contribution < 1.29 is 14.1 Å². The van der Waals surface area contributed by atoms with Gasteiger partial charge in [0.25, 0.3) is 5.91 Å². The number of fused-ring (bicyclic) bond motifs is 1. The molecule has 1 aliphatic rings. The summed E-state index contributed by atoms with van der Waals surface area (Å²) in [5.41, 5.74) is 0.790. The molecule has 1 amide bonds. The van der Waals surface area contributed by atoms with Crippen LogP contribution in [0.15, 0.2) is 57.9 Å². The number of nitrogens with one attached hydrogen (secondary N) is 3. The van der Waals surface area contributed by atoms with Crippen molar-refractivity contribution in [2.75, 3.05) is 19.6 Å². The number of carbonyl (C=O) groups is 1. The second-order valence-corrected chi connectivity index (χ2v) is 6.74. The summed E-state index contributed by atoms with van der Waals surface area (Å²) in [6.07, 6.45) is 4.06. The molecule has 3 aromatic rings. The monoisotopic (exact) mass is 352 g/mol. The number of aromatic nitrogens is 1. The first-order valence-electron chi connectivity index (χ1n) is 9.00. The molecule has 1 saturated heterocycles. The highest BCUT2D eigenvalue weighted by molar-refractivity contribution is 6.05. The molecule has 1 atom stereocenters. The molecule has 0 aliphatic carbocycles. The van der Waals surface area contributed by atoms with E-state index in [0.29, 0.717) is 17.6 Å². The number of pyridine rings is 1. The fourth-order valence-corrected chi connectivity index (χ4v) is 3.80. The van der Waals surface area contributed by atoms with Crippen LogP contribution in [0.25, 0.3) is 10.9 Å². The molecule has 1 aromatic carbocycles. The molecule has 0 bridgehead atoms.